The molecule has 1 aromatic rings. The standard InChI is InChI=1S/C11H14N2O4/c1-12-4-2-3-8(12)10(15)13-6-7(14)5-9(13)11(16)17/h2-4,7,9,14H,5-6H2,1H3,(H,16,17)/t7-,9+/m1/s1. The van der Waals surface area contributed by atoms with E-state index < -0.39 is 18.1 Å². The van der Waals surface area contributed by atoms with Gasteiger partial charge in [-0.15, -0.1) is 0 Å². The molecule has 1 fully saturated rings. The lowest BCUT2D eigenvalue weighted by atomic mass is 10.2. The fourth-order valence-electron chi connectivity index (χ4n) is 2.10. The van der Waals surface area contributed by atoms with Crippen LogP contribution in [0.4, 0.5) is 0 Å². The molecule has 1 aliphatic rings. The summed E-state index contributed by atoms with van der Waals surface area (Å²) in [6, 6.07) is 2.41. The average Bonchev–Trinajstić information content (AvgIpc) is 2.83. The van der Waals surface area contributed by atoms with Gasteiger partial charge in [-0.25, -0.2) is 4.79 Å². The lowest BCUT2D eigenvalue weighted by molar-refractivity contribution is -0.141. The predicted octanol–water partition coefficient (Wildman–Crippen LogP) is -0.315. The molecule has 92 valence electrons. The molecule has 1 amide bonds. The molecule has 2 rings (SSSR count). The smallest absolute Gasteiger partial charge is 0.326 e. The minimum atomic E-state index is -1.08. The lowest BCUT2D eigenvalue weighted by Gasteiger charge is -2.21. The van der Waals surface area contributed by atoms with E-state index in [2.05, 4.69) is 0 Å². The molecule has 17 heavy (non-hydrogen) atoms. The van der Waals surface area contributed by atoms with Crippen LogP contribution in [0.15, 0.2) is 18.3 Å². The van der Waals surface area contributed by atoms with Crippen LogP contribution in [0.25, 0.3) is 0 Å². The largest absolute Gasteiger partial charge is 0.480 e. The molecule has 0 unspecified atom stereocenters. The molecular formula is C11H14N2O4. The Bertz CT molecular complexity index is 454. The van der Waals surface area contributed by atoms with E-state index >= 15 is 0 Å². The van der Waals surface area contributed by atoms with Crippen LogP contribution in [0.5, 0.6) is 0 Å². The van der Waals surface area contributed by atoms with Crippen LogP contribution >= 0.6 is 0 Å². The number of amides is 1. The third-order valence-corrected chi connectivity index (χ3v) is 2.99. The van der Waals surface area contributed by atoms with Gasteiger partial charge in [0.2, 0.25) is 0 Å². The summed E-state index contributed by atoms with van der Waals surface area (Å²) in [5.74, 6) is -1.44. The first-order valence-electron chi connectivity index (χ1n) is 5.34. The van der Waals surface area contributed by atoms with Crippen LogP contribution in [-0.2, 0) is 11.8 Å². The molecule has 2 atom stereocenters. The first-order chi connectivity index (χ1) is 8.00. The Kier molecular flexibility index (Phi) is 2.89. The van der Waals surface area contributed by atoms with Gasteiger partial charge in [0.25, 0.3) is 5.91 Å². The average molecular weight is 238 g/mol. The van der Waals surface area contributed by atoms with Gasteiger partial charge < -0.3 is 19.7 Å². The summed E-state index contributed by atoms with van der Waals surface area (Å²) in [5, 5.41) is 18.5. The second kappa shape index (κ2) is 4.21. The number of aromatic nitrogens is 1. The summed E-state index contributed by atoms with van der Waals surface area (Å²) >= 11 is 0. The number of likely N-dealkylation sites (tertiary alicyclic amines) is 1. The Hall–Kier alpha value is -1.82. The van der Waals surface area contributed by atoms with Gasteiger partial charge in [0, 0.05) is 26.2 Å². The fourth-order valence-corrected chi connectivity index (χ4v) is 2.10. The van der Waals surface area contributed by atoms with Crippen molar-refractivity contribution in [2.45, 2.75) is 18.6 Å². The first-order valence-corrected chi connectivity index (χ1v) is 5.34. The maximum absolute atomic E-state index is 12.1. The zero-order chi connectivity index (χ0) is 12.6. The van der Waals surface area contributed by atoms with Crippen molar-refractivity contribution in [3.05, 3.63) is 24.0 Å². The van der Waals surface area contributed by atoms with E-state index in [1.807, 2.05) is 0 Å². The van der Waals surface area contributed by atoms with E-state index in [0.29, 0.717) is 5.69 Å². The van der Waals surface area contributed by atoms with E-state index in [4.69, 9.17) is 5.11 Å². The van der Waals surface area contributed by atoms with Crippen molar-refractivity contribution in [1.82, 2.24) is 9.47 Å². The summed E-state index contributed by atoms with van der Waals surface area (Å²) in [6.07, 6.45) is 1.04. The molecule has 0 bridgehead atoms. The van der Waals surface area contributed by atoms with E-state index in [1.165, 1.54) is 4.90 Å². The third-order valence-electron chi connectivity index (χ3n) is 2.99. The number of aryl methyl sites for hydroxylation is 1. The van der Waals surface area contributed by atoms with Gasteiger partial charge in [0.05, 0.1) is 6.10 Å². The van der Waals surface area contributed by atoms with Crippen LogP contribution < -0.4 is 0 Å². The van der Waals surface area contributed by atoms with Gasteiger partial charge in [0.15, 0.2) is 0 Å². The number of hydrogen-bond donors (Lipinski definition) is 2. The maximum Gasteiger partial charge on any atom is 0.326 e. The van der Waals surface area contributed by atoms with Crippen LogP contribution in [0.3, 0.4) is 0 Å². The van der Waals surface area contributed by atoms with Crippen LogP contribution in [0.1, 0.15) is 16.9 Å². The zero-order valence-corrected chi connectivity index (χ0v) is 9.41. The topological polar surface area (TPSA) is 82.8 Å². The van der Waals surface area contributed by atoms with Gasteiger partial charge in [-0.2, -0.15) is 0 Å². The van der Waals surface area contributed by atoms with Crippen molar-refractivity contribution in [1.29, 1.82) is 0 Å². The number of rotatable bonds is 2. The van der Waals surface area contributed by atoms with Gasteiger partial charge >= 0.3 is 5.97 Å². The normalized spacial score (nSPS) is 24.0. The number of carbonyl (C=O) groups excluding carboxylic acids is 1. The van der Waals surface area contributed by atoms with Crippen molar-refractivity contribution in [3.8, 4) is 0 Å². The minimum absolute atomic E-state index is 0.0704. The summed E-state index contributed by atoms with van der Waals surface area (Å²) in [5.41, 5.74) is 0.422. The second-order valence-corrected chi connectivity index (χ2v) is 4.21. The Labute approximate surface area is 98.1 Å². The van der Waals surface area contributed by atoms with Gasteiger partial charge in [-0.05, 0) is 12.1 Å². The first kappa shape index (κ1) is 11.7. The van der Waals surface area contributed by atoms with Gasteiger partial charge in [-0.3, -0.25) is 4.79 Å². The number of aliphatic hydroxyl groups is 1. The molecule has 1 aromatic heterocycles. The third kappa shape index (κ3) is 2.03. The maximum atomic E-state index is 12.1. The summed E-state index contributed by atoms with van der Waals surface area (Å²) in [7, 11) is 1.72. The monoisotopic (exact) mass is 238 g/mol. The highest BCUT2D eigenvalue weighted by Crippen LogP contribution is 2.20. The van der Waals surface area contributed by atoms with E-state index in [0.717, 1.165) is 0 Å². The van der Waals surface area contributed by atoms with E-state index in [-0.39, 0.29) is 18.9 Å². The number of β-amino-alcohol motifs (C(OH)–C–C–N with tert-alkyl or cyclic N) is 1. The number of carbonyl (C=O) groups is 2. The SMILES string of the molecule is Cn1cccc1C(=O)N1C[C@H](O)C[C@H]1C(=O)O. The molecule has 2 N–H and O–H groups in total. The number of carboxylic acid groups (broad SMARTS) is 1. The van der Waals surface area contributed by atoms with Crippen molar-refractivity contribution in [2.24, 2.45) is 7.05 Å². The number of nitrogens with zero attached hydrogens (tertiary/aromatic N) is 2. The number of aliphatic carboxylic acids is 1. The Balaban J connectivity index is 2.25. The van der Waals surface area contributed by atoms with Crippen LogP contribution in [0.2, 0.25) is 0 Å². The molecule has 6 heteroatoms. The van der Waals surface area contributed by atoms with Crippen molar-refractivity contribution in [2.75, 3.05) is 6.54 Å². The molecule has 1 saturated heterocycles. The fraction of sp³-hybridized carbons (Fsp3) is 0.455. The van der Waals surface area contributed by atoms with E-state index in [1.54, 1.807) is 29.9 Å². The van der Waals surface area contributed by atoms with Gasteiger partial charge in [0.1, 0.15) is 11.7 Å². The summed E-state index contributed by atoms with van der Waals surface area (Å²) < 4.78 is 1.63. The van der Waals surface area contributed by atoms with E-state index in [9.17, 15) is 14.7 Å². The van der Waals surface area contributed by atoms with Crippen molar-refractivity contribution >= 4 is 11.9 Å². The van der Waals surface area contributed by atoms with Crippen LogP contribution in [-0.4, -0.2) is 50.2 Å². The summed E-state index contributed by atoms with van der Waals surface area (Å²) in [6.45, 7) is 0.0704. The predicted molar refractivity (Wildman–Crippen MR) is 58.5 cm³/mol. The van der Waals surface area contributed by atoms with Crippen molar-refractivity contribution in [3.63, 3.8) is 0 Å². The number of aliphatic hydroxyl groups excluding tert-OH is 1. The van der Waals surface area contributed by atoms with Gasteiger partial charge in [-0.1, -0.05) is 0 Å². The zero-order valence-electron chi connectivity index (χ0n) is 9.41. The molecule has 0 saturated carbocycles. The highest BCUT2D eigenvalue weighted by molar-refractivity contribution is 5.95. The Morgan fingerprint density at radius 1 is 1.47 bits per heavy atom. The molecule has 6 nitrogen and oxygen atoms in total. The Morgan fingerprint density at radius 3 is 2.71 bits per heavy atom. The second-order valence-electron chi connectivity index (χ2n) is 4.21. The van der Waals surface area contributed by atoms with Crippen molar-refractivity contribution < 1.29 is 19.8 Å². The molecule has 0 aliphatic carbocycles. The van der Waals surface area contributed by atoms with Crippen LogP contribution in [0, 0.1) is 0 Å². The quantitative estimate of drug-likeness (QED) is 0.740. The molecule has 0 spiro atoms. The Morgan fingerprint density at radius 2 is 2.18 bits per heavy atom. The molecule has 1 aliphatic heterocycles. The molecule has 0 aromatic carbocycles. The molecule has 0 radical (unpaired) electrons. The minimum Gasteiger partial charge on any atom is -0.480 e. The lowest BCUT2D eigenvalue weighted by Crippen LogP contribution is -2.41. The number of hydrogen-bond acceptors (Lipinski definition) is 3. The molecule has 2 heterocycles. The summed E-state index contributed by atoms with van der Waals surface area (Å²) in [4.78, 5) is 24.3. The highest BCUT2D eigenvalue weighted by atomic mass is 16.4. The highest BCUT2D eigenvalue weighted by Gasteiger charge is 2.39. The molecular weight excluding hydrogens is 224 g/mol. The number of carboxylic acids is 1.